The van der Waals surface area contributed by atoms with Gasteiger partial charge in [-0.1, -0.05) is 12.1 Å². The van der Waals surface area contributed by atoms with Gasteiger partial charge in [0, 0.05) is 24.4 Å². The minimum Gasteiger partial charge on any atom is -0.387 e. The van der Waals surface area contributed by atoms with Gasteiger partial charge in [0.15, 0.2) is 0 Å². The number of rotatable bonds is 2. The Kier molecular flexibility index (Phi) is 1.86. The van der Waals surface area contributed by atoms with Gasteiger partial charge in [-0.2, -0.15) is 0 Å². The van der Waals surface area contributed by atoms with E-state index in [1.165, 1.54) is 40.8 Å². The van der Waals surface area contributed by atoms with E-state index in [1.54, 1.807) is 0 Å². The van der Waals surface area contributed by atoms with Gasteiger partial charge in [0.1, 0.15) is 0 Å². The fraction of sp³-hybridized carbons (Fsp3) is 0.385. The molecular formula is C13H15N2. The van der Waals surface area contributed by atoms with E-state index >= 15 is 0 Å². The lowest BCUT2D eigenvalue weighted by Gasteiger charge is -2.24. The Balaban J connectivity index is 2.18. The molecule has 1 aromatic carbocycles. The van der Waals surface area contributed by atoms with E-state index in [-0.39, 0.29) is 6.04 Å². The van der Waals surface area contributed by atoms with Crippen molar-refractivity contribution in [2.45, 2.75) is 18.9 Å². The molecule has 0 saturated heterocycles. The number of hydrogen-bond acceptors (Lipinski definition) is 2. The summed E-state index contributed by atoms with van der Waals surface area (Å²) in [6.07, 6.45) is 5.92. The monoisotopic (exact) mass is 199 g/mol. The fourth-order valence-electron chi connectivity index (χ4n) is 2.57. The predicted molar refractivity (Wildman–Crippen MR) is 61.4 cm³/mol. The second kappa shape index (κ2) is 3.11. The lowest BCUT2D eigenvalue weighted by atomic mass is 9.82. The van der Waals surface area contributed by atoms with Crippen LogP contribution in [0, 0.1) is 6.08 Å². The summed E-state index contributed by atoms with van der Waals surface area (Å²) in [5, 5.41) is 6.54. The summed E-state index contributed by atoms with van der Waals surface area (Å²) < 4.78 is 0. The van der Waals surface area contributed by atoms with Crippen molar-refractivity contribution in [3.05, 3.63) is 40.5 Å². The molecule has 0 spiro atoms. The van der Waals surface area contributed by atoms with Gasteiger partial charge in [0.2, 0.25) is 0 Å². The summed E-state index contributed by atoms with van der Waals surface area (Å²) in [7, 11) is 3.96. The lowest BCUT2D eigenvalue weighted by Crippen LogP contribution is -2.17. The molecule has 0 fully saturated rings. The SMILES string of the molecule is CNC1=[C]C(NC)c2ccc3c(c21)CC3. The van der Waals surface area contributed by atoms with Crippen molar-refractivity contribution in [3.63, 3.8) is 0 Å². The highest BCUT2D eigenvalue weighted by Crippen LogP contribution is 2.39. The molecule has 2 nitrogen and oxygen atoms in total. The average Bonchev–Trinajstić information content (AvgIpc) is 2.56. The summed E-state index contributed by atoms with van der Waals surface area (Å²) in [4.78, 5) is 0. The van der Waals surface area contributed by atoms with Gasteiger partial charge in [-0.25, -0.2) is 0 Å². The number of hydrogen-bond donors (Lipinski definition) is 2. The summed E-state index contributed by atoms with van der Waals surface area (Å²) in [5.41, 5.74) is 6.99. The van der Waals surface area contributed by atoms with E-state index in [1.807, 2.05) is 14.1 Å². The van der Waals surface area contributed by atoms with Crippen LogP contribution in [0.15, 0.2) is 12.1 Å². The molecule has 1 aromatic rings. The third-order valence-electron chi connectivity index (χ3n) is 3.47. The molecule has 0 saturated carbocycles. The van der Waals surface area contributed by atoms with Crippen LogP contribution < -0.4 is 10.6 Å². The molecule has 15 heavy (non-hydrogen) atoms. The van der Waals surface area contributed by atoms with E-state index in [0.717, 1.165) is 0 Å². The zero-order valence-electron chi connectivity index (χ0n) is 9.15. The van der Waals surface area contributed by atoms with Crippen LogP contribution >= 0.6 is 0 Å². The van der Waals surface area contributed by atoms with Crippen molar-refractivity contribution in [1.82, 2.24) is 10.6 Å². The van der Waals surface area contributed by atoms with Crippen LogP contribution in [-0.2, 0) is 12.8 Å². The van der Waals surface area contributed by atoms with Crippen molar-refractivity contribution in [2.24, 2.45) is 0 Å². The number of aryl methyl sites for hydroxylation is 1. The van der Waals surface area contributed by atoms with Crippen molar-refractivity contribution in [3.8, 4) is 0 Å². The van der Waals surface area contributed by atoms with Crippen LogP contribution in [-0.4, -0.2) is 14.1 Å². The highest BCUT2D eigenvalue weighted by molar-refractivity contribution is 5.75. The van der Waals surface area contributed by atoms with E-state index in [2.05, 4.69) is 28.8 Å². The van der Waals surface area contributed by atoms with Crippen LogP contribution in [0.5, 0.6) is 0 Å². The Morgan fingerprint density at radius 2 is 2.13 bits per heavy atom. The Labute approximate surface area is 90.4 Å². The third-order valence-corrected chi connectivity index (χ3v) is 3.47. The minimum absolute atomic E-state index is 0.258. The van der Waals surface area contributed by atoms with Gasteiger partial charge in [-0.3, -0.25) is 0 Å². The van der Waals surface area contributed by atoms with Gasteiger partial charge in [0.05, 0.1) is 6.04 Å². The van der Waals surface area contributed by atoms with Crippen LogP contribution in [0.25, 0.3) is 5.70 Å². The summed E-state index contributed by atoms with van der Waals surface area (Å²) in [6.45, 7) is 0. The smallest absolute Gasteiger partial charge is 0.0606 e. The van der Waals surface area contributed by atoms with Crippen LogP contribution in [0.1, 0.15) is 28.3 Å². The molecule has 1 atom stereocenters. The predicted octanol–water partition coefficient (Wildman–Crippen LogP) is 1.42. The molecule has 0 aromatic heterocycles. The Bertz CT molecular complexity index is 446. The third kappa shape index (κ3) is 1.08. The Morgan fingerprint density at radius 1 is 1.27 bits per heavy atom. The molecular weight excluding hydrogens is 184 g/mol. The van der Waals surface area contributed by atoms with Gasteiger partial charge < -0.3 is 10.6 Å². The molecule has 0 heterocycles. The molecule has 2 aliphatic rings. The van der Waals surface area contributed by atoms with Crippen molar-refractivity contribution in [1.29, 1.82) is 0 Å². The fourth-order valence-corrected chi connectivity index (χ4v) is 2.57. The number of nitrogens with one attached hydrogen (secondary N) is 2. The average molecular weight is 199 g/mol. The molecule has 2 heteroatoms. The summed E-state index contributed by atoms with van der Waals surface area (Å²) in [6, 6.07) is 4.77. The zero-order chi connectivity index (χ0) is 10.4. The van der Waals surface area contributed by atoms with Crippen molar-refractivity contribution >= 4 is 5.70 Å². The van der Waals surface area contributed by atoms with E-state index in [9.17, 15) is 0 Å². The molecule has 3 rings (SSSR count). The van der Waals surface area contributed by atoms with E-state index in [4.69, 9.17) is 0 Å². The van der Waals surface area contributed by atoms with Gasteiger partial charge >= 0.3 is 0 Å². The second-order valence-electron chi connectivity index (χ2n) is 4.16. The quantitative estimate of drug-likeness (QED) is 0.753. The first-order chi connectivity index (χ1) is 7.35. The maximum absolute atomic E-state index is 3.45. The molecule has 0 bridgehead atoms. The lowest BCUT2D eigenvalue weighted by molar-refractivity contribution is 0.705. The number of benzene rings is 1. The Hall–Kier alpha value is -1.28. The van der Waals surface area contributed by atoms with Crippen LogP contribution in [0.2, 0.25) is 0 Å². The zero-order valence-corrected chi connectivity index (χ0v) is 9.15. The van der Waals surface area contributed by atoms with Crippen LogP contribution in [0.3, 0.4) is 0 Å². The summed E-state index contributed by atoms with van der Waals surface area (Å²) >= 11 is 0. The van der Waals surface area contributed by atoms with Gasteiger partial charge in [-0.15, -0.1) is 0 Å². The molecule has 1 radical (unpaired) electrons. The van der Waals surface area contributed by atoms with E-state index in [0.29, 0.717) is 0 Å². The number of fused-ring (bicyclic) bond motifs is 3. The first kappa shape index (κ1) is 8.98. The van der Waals surface area contributed by atoms with Gasteiger partial charge in [-0.05, 0) is 36.6 Å². The maximum Gasteiger partial charge on any atom is 0.0606 e. The van der Waals surface area contributed by atoms with Crippen molar-refractivity contribution in [2.75, 3.05) is 14.1 Å². The molecule has 2 N–H and O–H groups in total. The van der Waals surface area contributed by atoms with E-state index < -0.39 is 0 Å². The first-order valence-electron chi connectivity index (χ1n) is 5.48. The van der Waals surface area contributed by atoms with Gasteiger partial charge in [0.25, 0.3) is 0 Å². The maximum atomic E-state index is 3.45. The summed E-state index contributed by atoms with van der Waals surface area (Å²) in [5.74, 6) is 0. The standard InChI is InChI=1S/C13H15N2/c1-14-11-7-12(15-2)13-9-5-3-8(9)4-6-10(11)13/h4,6,11,14-15H,3,5H2,1-2H3. The molecule has 1 unspecified atom stereocenters. The topological polar surface area (TPSA) is 24.1 Å². The second-order valence-corrected chi connectivity index (χ2v) is 4.16. The Morgan fingerprint density at radius 3 is 2.73 bits per heavy atom. The minimum atomic E-state index is 0.258. The number of likely N-dealkylation sites (N-methyl/N-ethyl adjacent to an activating group) is 1. The largest absolute Gasteiger partial charge is 0.387 e. The highest BCUT2D eigenvalue weighted by Gasteiger charge is 2.29. The highest BCUT2D eigenvalue weighted by atomic mass is 14.9. The first-order valence-corrected chi connectivity index (χ1v) is 5.48. The molecule has 2 aliphatic carbocycles. The molecule has 0 aliphatic heterocycles. The molecule has 0 amide bonds. The van der Waals surface area contributed by atoms with Crippen molar-refractivity contribution < 1.29 is 0 Å². The molecule has 77 valence electrons. The van der Waals surface area contributed by atoms with Crippen LogP contribution in [0.4, 0.5) is 0 Å². The normalized spacial score (nSPS) is 21.5.